The number of hydrogen-bond acceptors (Lipinski definition) is 9. The Morgan fingerprint density at radius 1 is 1.21 bits per heavy atom. The lowest BCUT2D eigenvalue weighted by molar-refractivity contribution is -0.120. The molecule has 0 fully saturated rings. The number of methoxy groups -OCH3 is 2. The lowest BCUT2D eigenvalue weighted by Crippen LogP contribution is -2.37. The summed E-state index contributed by atoms with van der Waals surface area (Å²) in [4.78, 5) is 51.3. The monoisotopic (exact) mass is 585 g/mol. The standard InChI is InChI=1S/C31H43N3O8/c1-8-12-33-26-21-13-17(2)14-25(41-7)27(36)19(4)15-20(5)29(42-31(32)39)24(40-6)11-9-10-18(3)30(38)34-22(28(21)37)16-23(26)35/h8-11,15-17,19,24-25,27,29,33,36H,1,12-14H2,2-7H3,(H2,32,39)(H,34,38)/b11-9+,18-10?,20-15?/t17-,19-,24-,25-,27+,29-/m1/s1. The Balaban J connectivity index is 2.62. The van der Waals surface area contributed by atoms with Gasteiger partial charge in [-0.2, -0.15) is 0 Å². The molecule has 2 bridgehead atoms. The molecule has 230 valence electrons. The average Bonchev–Trinajstić information content (AvgIpc) is 2.94. The minimum absolute atomic E-state index is 0.132. The highest BCUT2D eigenvalue weighted by Gasteiger charge is 2.33. The van der Waals surface area contributed by atoms with E-state index in [0.29, 0.717) is 12.0 Å². The number of aliphatic hydroxyl groups excluding tert-OH is 1. The number of hydrogen-bond donors (Lipinski definition) is 4. The van der Waals surface area contributed by atoms with Gasteiger partial charge in [-0.25, -0.2) is 4.79 Å². The highest BCUT2D eigenvalue weighted by atomic mass is 16.6. The first kappa shape index (κ1) is 34.4. The fraction of sp³-hybridized carbons (Fsp3) is 0.484. The topological polar surface area (TPSA) is 166 Å². The average molecular weight is 586 g/mol. The summed E-state index contributed by atoms with van der Waals surface area (Å²) in [5.41, 5.74) is 6.42. The van der Waals surface area contributed by atoms with Crippen molar-refractivity contribution in [1.29, 1.82) is 0 Å². The Labute approximate surface area is 247 Å². The predicted molar refractivity (Wildman–Crippen MR) is 158 cm³/mol. The molecule has 1 heterocycles. The van der Waals surface area contributed by atoms with Gasteiger partial charge in [-0.05, 0) is 38.2 Å². The summed E-state index contributed by atoms with van der Waals surface area (Å²) in [5.74, 6) is -2.14. The second kappa shape index (κ2) is 16.0. The number of carbonyl (C=O) groups excluding carboxylic acids is 4. The van der Waals surface area contributed by atoms with Gasteiger partial charge in [0.15, 0.2) is 6.10 Å². The summed E-state index contributed by atoms with van der Waals surface area (Å²) >= 11 is 0. The summed E-state index contributed by atoms with van der Waals surface area (Å²) in [5, 5.41) is 16.7. The normalized spacial score (nSPS) is 29.1. The summed E-state index contributed by atoms with van der Waals surface area (Å²) in [6.45, 7) is 10.9. The van der Waals surface area contributed by atoms with Crippen molar-refractivity contribution in [2.45, 2.75) is 65.0 Å². The van der Waals surface area contributed by atoms with Gasteiger partial charge >= 0.3 is 6.09 Å². The Kier molecular flexibility index (Phi) is 13.1. The highest BCUT2D eigenvalue weighted by molar-refractivity contribution is 6.23. The zero-order valence-corrected chi connectivity index (χ0v) is 25.1. The van der Waals surface area contributed by atoms with E-state index in [4.69, 9.17) is 19.9 Å². The van der Waals surface area contributed by atoms with Gasteiger partial charge < -0.3 is 35.7 Å². The van der Waals surface area contributed by atoms with E-state index in [0.717, 1.165) is 6.08 Å². The molecule has 0 spiro atoms. The molecule has 0 aromatic heterocycles. The number of Topliss-reactive ketones (excluding diaryl/α,β-unsaturated/α-hetero) is 1. The van der Waals surface area contributed by atoms with Crippen LogP contribution in [0.1, 0.15) is 40.5 Å². The van der Waals surface area contributed by atoms with Crippen LogP contribution >= 0.6 is 0 Å². The van der Waals surface area contributed by atoms with Crippen LogP contribution in [0.15, 0.2) is 71.1 Å². The van der Waals surface area contributed by atoms with Gasteiger partial charge in [0.05, 0.1) is 23.6 Å². The van der Waals surface area contributed by atoms with Crippen molar-refractivity contribution in [3.63, 3.8) is 0 Å². The summed E-state index contributed by atoms with van der Waals surface area (Å²) in [6, 6.07) is 0. The van der Waals surface area contributed by atoms with Crippen LogP contribution in [0.25, 0.3) is 0 Å². The number of nitrogens with one attached hydrogen (secondary N) is 2. The molecule has 42 heavy (non-hydrogen) atoms. The maximum atomic E-state index is 13.5. The molecule has 0 aromatic rings. The molecule has 2 amide bonds. The van der Waals surface area contributed by atoms with Crippen LogP contribution in [0.4, 0.5) is 4.79 Å². The molecular weight excluding hydrogens is 542 g/mol. The summed E-state index contributed by atoms with van der Waals surface area (Å²) in [7, 11) is 2.92. The van der Waals surface area contributed by atoms with Crippen molar-refractivity contribution in [3.05, 3.63) is 71.1 Å². The van der Waals surface area contributed by atoms with Crippen molar-refractivity contribution >= 4 is 23.6 Å². The molecule has 0 unspecified atom stereocenters. The van der Waals surface area contributed by atoms with Gasteiger partial charge in [-0.3, -0.25) is 14.4 Å². The SMILES string of the molecule is C=CCNC1=C2C[C@@H](C)C[C@@H](OC)[C@@H](O)[C@H](C)C=C(C)[C@@H](OC(N)=O)[C@H](OC)/C=C/C=C(C)C(=O)NC(=CC1=O)C2=O. The minimum Gasteiger partial charge on any atom is -0.439 e. The number of carbonyl (C=O) groups is 4. The van der Waals surface area contributed by atoms with Gasteiger partial charge in [0.1, 0.15) is 6.10 Å². The molecular formula is C31H43N3O8. The van der Waals surface area contributed by atoms with Crippen molar-refractivity contribution in [2.75, 3.05) is 20.8 Å². The molecule has 0 aromatic carbocycles. The molecule has 0 saturated heterocycles. The minimum atomic E-state index is -1.00. The van der Waals surface area contributed by atoms with Crippen molar-refractivity contribution < 1.29 is 38.5 Å². The second-order valence-electron chi connectivity index (χ2n) is 10.6. The summed E-state index contributed by atoms with van der Waals surface area (Å²) < 4.78 is 16.6. The van der Waals surface area contributed by atoms with Crippen molar-refractivity contribution in [2.24, 2.45) is 17.6 Å². The van der Waals surface area contributed by atoms with Gasteiger partial charge in [0, 0.05) is 43.9 Å². The molecule has 0 radical (unpaired) electrons. The van der Waals surface area contributed by atoms with Crippen LogP contribution in [0, 0.1) is 11.8 Å². The van der Waals surface area contributed by atoms with E-state index in [1.54, 1.807) is 45.1 Å². The zero-order valence-electron chi connectivity index (χ0n) is 25.1. The Bertz CT molecular complexity index is 1210. The highest BCUT2D eigenvalue weighted by Crippen LogP contribution is 2.28. The van der Waals surface area contributed by atoms with Gasteiger partial charge in [-0.15, -0.1) is 6.58 Å². The van der Waals surface area contributed by atoms with Crippen LogP contribution in [0.2, 0.25) is 0 Å². The molecule has 0 saturated carbocycles. The number of nitrogens with two attached hydrogens (primary N) is 1. The van der Waals surface area contributed by atoms with E-state index >= 15 is 0 Å². The number of ketones is 2. The third kappa shape index (κ3) is 9.10. The van der Waals surface area contributed by atoms with Crippen LogP contribution in [-0.4, -0.2) is 73.9 Å². The van der Waals surface area contributed by atoms with Crippen LogP contribution in [-0.2, 0) is 28.6 Å². The van der Waals surface area contributed by atoms with E-state index in [9.17, 15) is 24.3 Å². The largest absolute Gasteiger partial charge is 0.439 e. The Morgan fingerprint density at radius 3 is 2.50 bits per heavy atom. The second-order valence-corrected chi connectivity index (χ2v) is 10.6. The molecule has 2 aliphatic rings. The molecule has 11 heteroatoms. The predicted octanol–water partition coefficient (Wildman–Crippen LogP) is 2.54. The Morgan fingerprint density at radius 2 is 1.90 bits per heavy atom. The van der Waals surface area contributed by atoms with Crippen LogP contribution in [0.3, 0.4) is 0 Å². The number of fused-ring (bicyclic) bond motifs is 2. The number of primary amides is 1. The van der Waals surface area contributed by atoms with E-state index < -0.39 is 53.9 Å². The lowest BCUT2D eigenvalue weighted by atomic mass is 9.85. The van der Waals surface area contributed by atoms with Gasteiger partial charge in [0.25, 0.3) is 5.91 Å². The molecule has 1 aliphatic heterocycles. The fourth-order valence-electron chi connectivity index (χ4n) is 4.95. The number of ether oxygens (including phenoxy) is 3. The third-order valence-electron chi connectivity index (χ3n) is 7.22. The molecule has 2 rings (SSSR count). The smallest absolute Gasteiger partial charge is 0.405 e. The first-order valence-corrected chi connectivity index (χ1v) is 13.8. The maximum Gasteiger partial charge on any atom is 0.405 e. The molecule has 5 N–H and O–H groups in total. The zero-order chi connectivity index (χ0) is 31.6. The number of rotatable bonds is 6. The first-order chi connectivity index (χ1) is 19.8. The van der Waals surface area contributed by atoms with Crippen LogP contribution in [0.5, 0.6) is 0 Å². The van der Waals surface area contributed by atoms with Gasteiger partial charge in [0.2, 0.25) is 11.6 Å². The summed E-state index contributed by atoms with van der Waals surface area (Å²) in [6.07, 6.45) is 5.34. The molecule has 11 nitrogen and oxygen atoms in total. The van der Waals surface area contributed by atoms with E-state index in [2.05, 4.69) is 17.2 Å². The van der Waals surface area contributed by atoms with Crippen LogP contribution < -0.4 is 16.4 Å². The first-order valence-electron chi connectivity index (χ1n) is 13.8. The fourth-order valence-corrected chi connectivity index (χ4v) is 4.95. The Hall–Kier alpha value is -3.80. The van der Waals surface area contributed by atoms with E-state index in [1.807, 2.05) is 6.92 Å². The lowest BCUT2D eigenvalue weighted by Gasteiger charge is -2.30. The van der Waals surface area contributed by atoms with Gasteiger partial charge in [-0.1, -0.05) is 44.2 Å². The number of allylic oxidation sites excluding steroid dienone is 4. The van der Waals surface area contributed by atoms with E-state index in [1.165, 1.54) is 20.3 Å². The molecule has 1 aliphatic carbocycles. The third-order valence-corrected chi connectivity index (χ3v) is 7.22. The molecule has 6 atom stereocenters. The van der Waals surface area contributed by atoms with E-state index in [-0.39, 0.29) is 41.4 Å². The number of aliphatic hydroxyl groups is 1. The van der Waals surface area contributed by atoms with Crippen molar-refractivity contribution in [3.8, 4) is 0 Å². The maximum absolute atomic E-state index is 13.5. The van der Waals surface area contributed by atoms with Crippen molar-refractivity contribution in [1.82, 2.24) is 10.6 Å². The number of amides is 2. The quantitative estimate of drug-likeness (QED) is 0.271.